The Morgan fingerprint density at radius 3 is 2.61 bits per heavy atom. The fourth-order valence-corrected chi connectivity index (χ4v) is 3.63. The third-order valence-corrected chi connectivity index (χ3v) is 4.90. The van der Waals surface area contributed by atoms with Gasteiger partial charge in [-0.05, 0) is 36.8 Å². The molecule has 0 saturated carbocycles. The van der Waals surface area contributed by atoms with Gasteiger partial charge in [0.25, 0.3) is 11.8 Å². The maximum Gasteiger partial charge on any atom is 0.267 e. The lowest BCUT2D eigenvalue weighted by atomic mass is 10.0. The summed E-state index contributed by atoms with van der Waals surface area (Å²) in [4.78, 5) is 36.2. The van der Waals surface area contributed by atoms with E-state index < -0.39 is 0 Å². The zero-order chi connectivity index (χ0) is 19.4. The first-order valence-electron chi connectivity index (χ1n) is 8.78. The van der Waals surface area contributed by atoms with Gasteiger partial charge in [0.2, 0.25) is 0 Å². The highest BCUT2D eigenvalue weighted by Gasteiger charge is 2.40. The molecule has 0 unspecified atom stereocenters. The van der Waals surface area contributed by atoms with Crippen LogP contribution in [0.5, 0.6) is 0 Å². The van der Waals surface area contributed by atoms with E-state index in [2.05, 4.69) is 15.1 Å². The summed E-state index contributed by atoms with van der Waals surface area (Å²) in [6.07, 6.45) is 4.81. The average molecular weight is 369 g/mol. The van der Waals surface area contributed by atoms with Crippen LogP contribution in [-0.4, -0.2) is 31.6 Å². The minimum atomic E-state index is -0.374. The minimum Gasteiger partial charge on any atom is -0.268 e. The molecule has 2 amide bonds. The van der Waals surface area contributed by atoms with Crippen LogP contribution in [0.1, 0.15) is 26.3 Å². The first kappa shape index (κ1) is 16.3. The van der Waals surface area contributed by atoms with Crippen LogP contribution in [0.2, 0.25) is 0 Å². The van der Waals surface area contributed by atoms with Gasteiger partial charge < -0.3 is 0 Å². The maximum atomic E-state index is 13.4. The van der Waals surface area contributed by atoms with Crippen LogP contribution in [0, 0.1) is 6.92 Å². The summed E-state index contributed by atoms with van der Waals surface area (Å²) < 4.78 is 1.62. The molecule has 7 nitrogen and oxygen atoms in total. The number of nitrogens with zero attached hydrogens (tertiary/aromatic N) is 5. The van der Waals surface area contributed by atoms with Crippen LogP contribution in [0.15, 0.2) is 55.0 Å². The number of aromatic nitrogens is 4. The summed E-state index contributed by atoms with van der Waals surface area (Å²) in [5.74, 6) is -0.739. The number of benzene rings is 1. The molecule has 0 N–H and O–H groups in total. The van der Waals surface area contributed by atoms with Crippen LogP contribution in [-0.2, 0) is 7.05 Å². The largest absolute Gasteiger partial charge is 0.268 e. The van der Waals surface area contributed by atoms with Crippen molar-refractivity contribution in [2.75, 3.05) is 4.90 Å². The predicted octanol–water partition coefficient (Wildman–Crippen LogP) is 3.14. The van der Waals surface area contributed by atoms with Crippen molar-refractivity contribution < 1.29 is 9.59 Å². The van der Waals surface area contributed by atoms with E-state index in [-0.39, 0.29) is 17.4 Å². The standard InChI is InChI=1S/C21H15N5O2/c1-12-5-3-7-14(9-12)26-20(27)15-11-23-19-17(16(15)21(26)28)18(24-25(19)2)13-6-4-8-22-10-13/h3-11H,1-2H3. The quantitative estimate of drug-likeness (QED) is 0.507. The molecule has 0 spiro atoms. The van der Waals surface area contributed by atoms with Gasteiger partial charge in [0.05, 0.1) is 22.2 Å². The van der Waals surface area contributed by atoms with Crippen molar-refractivity contribution in [2.24, 2.45) is 7.05 Å². The van der Waals surface area contributed by atoms with Gasteiger partial charge in [-0.3, -0.25) is 14.6 Å². The van der Waals surface area contributed by atoms with E-state index in [9.17, 15) is 9.59 Å². The number of anilines is 1. The molecular formula is C21H15N5O2. The Labute approximate surface area is 160 Å². The number of amides is 2. The van der Waals surface area contributed by atoms with E-state index in [1.54, 1.807) is 36.3 Å². The van der Waals surface area contributed by atoms with Gasteiger partial charge in [-0.2, -0.15) is 5.10 Å². The Balaban J connectivity index is 1.78. The summed E-state index contributed by atoms with van der Waals surface area (Å²) in [7, 11) is 1.77. The lowest BCUT2D eigenvalue weighted by Crippen LogP contribution is -2.29. The highest BCUT2D eigenvalue weighted by atomic mass is 16.2. The first-order chi connectivity index (χ1) is 13.6. The van der Waals surface area contributed by atoms with Crippen molar-refractivity contribution in [3.8, 4) is 11.3 Å². The second-order valence-electron chi connectivity index (χ2n) is 6.74. The monoisotopic (exact) mass is 369 g/mol. The number of hydrogen-bond donors (Lipinski definition) is 0. The van der Waals surface area contributed by atoms with E-state index in [0.717, 1.165) is 11.1 Å². The Morgan fingerprint density at radius 1 is 1.00 bits per heavy atom. The molecule has 1 aromatic carbocycles. The third kappa shape index (κ3) is 2.19. The van der Waals surface area contributed by atoms with Crippen molar-refractivity contribution in [3.05, 3.63) is 71.7 Å². The number of imide groups is 1. The van der Waals surface area contributed by atoms with Gasteiger partial charge in [-0.25, -0.2) is 14.6 Å². The highest BCUT2D eigenvalue weighted by Crippen LogP contribution is 2.36. The van der Waals surface area contributed by atoms with Gasteiger partial charge in [-0.15, -0.1) is 0 Å². The summed E-state index contributed by atoms with van der Waals surface area (Å²) in [5, 5.41) is 5.11. The number of rotatable bonds is 2. The Bertz CT molecular complexity index is 1280. The van der Waals surface area contributed by atoms with Gasteiger partial charge in [0.1, 0.15) is 5.69 Å². The maximum absolute atomic E-state index is 13.4. The molecule has 0 saturated heterocycles. The molecule has 0 fully saturated rings. The summed E-state index contributed by atoms with van der Waals surface area (Å²) in [6.45, 7) is 1.92. The van der Waals surface area contributed by atoms with Crippen molar-refractivity contribution in [1.29, 1.82) is 0 Å². The van der Waals surface area contributed by atoms with E-state index in [1.165, 1.54) is 11.1 Å². The van der Waals surface area contributed by atoms with Crippen LogP contribution in [0.25, 0.3) is 22.3 Å². The number of hydrogen-bond acceptors (Lipinski definition) is 5. The number of pyridine rings is 2. The van der Waals surface area contributed by atoms with Crippen LogP contribution in [0.4, 0.5) is 5.69 Å². The van der Waals surface area contributed by atoms with Crippen molar-refractivity contribution in [1.82, 2.24) is 19.7 Å². The number of fused-ring (bicyclic) bond motifs is 3. The van der Waals surface area contributed by atoms with Gasteiger partial charge >= 0.3 is 0 Å². The molecule has 0 atom stereocenters. The molecule has 7 heteroatoms. The molecule has 0 aliphatic carbocycles. The molecule has 5 rings (SSSR count). The second-order valence-corrected chi connectivity index (χ2v) is 6.74. The zero-order valence-corrected chi connectivity index (χ0v) is 15.2. The van der Waals surface area contributed by atoms with Gasteiger partial charge in [0.15, 0.2) is 5.65 Å². The normalized spacial score (nSPS) is 13.4. The van der Waals surface area contributed by atoms with E-state index in [0.29, 0.717) is 28.0 Å². The Kier molecular flexibility index (Phi) is 3.39. The third-order valence-electron chi connectivity index (χ3n) is 4.90. The minimum absolute atomic E-state index is 0.289. The molecule has 4 aromatic rings. The first-order valence-corrected chi connectivity index (χ1v) is 8.78. The molecule has 28 heavy (non-hydrogen) atoms. The number of carbonyl (C=O) groups is 2. The Hall–Kier alpha value is -3.87. The van der Waals surface area contributed by atoms with Crippen LogP contribution < -0.4 is 4.90 Å². The van der Waals surface area contributed by atoms with Gasteiger partial charge in [0, 0.05) is 31.2 Å². The Morgan fingerprint density at radius 2 is 1.86 bits per heavy atom. The number of aryl methyl sites for hydroxylation is 2. The van der Waals surface area contributed by atoms with Crippen molar-refractivity contribution >= 4 is 28.5 Å². The second kappa shape index (κ2) is 5.82. The SMILES string of the molecule is Cc1cccc(N2C(=O)c3cnc4c(c(-c5cccnc5)nn4C)c3C2=O)c1. The fraction of sp³-hybridized carbons (Fsp3) is 0.0952. The topological polar surface area (TPSA) is 81.0 Å². The molecule has 136 valence electrons. The molecule has 4 heterocycles. The molecule has 3 aromatic heterocycles. The highest BCUT2D eigenvalue weighted by molar-refractivity contribution is 6.38. The zero-order valence-electron chi connectivity index (χ0n) is 15.2. The van der Waals surface area contributed by atoms with E-state index in [1.807, 2.05) is 31.2 Å². The number of carbonyl (C=O) groups excluding carboxylic acids is 2. The lowest BCUT2D eigenvalue weighted by molar-refractivity contribution is 0.0926. The average Bonchev–Trinajstić information content (AvgIpc) is 3.17. The fourth-order valence-electron chi connectivity index (χ4n) is 3.63. The summed E-state index contributed by atoms with van der Waals surface area (Å²) >= 11 is 0. The molecular weight excluding hydrogens is 354 g/mol. The molecule has 1 aliphatic rings. The van der Waals surface area contributed by atoms with Crippen LogP contribution >= 0.6 is 0 Å². The molecule has 0 bridgehead atoms. The van der Waals surface area contributed by atoms with Gasteiger partial charge in [-0.1, -0.05) is 12.1 Å². The van der Waals surface area contributed by atoms with Crippen molar-refractivity contribution in [2.45, 2.75) is 6.92 Å². The van der Waals surface area contributed by atoms with Crippen molar-refractivity contribution in [3.63, 3.8) is 0 Å². The molecule has 1 aliphatic heterocycles. The lowest BCUT2D eigenvalue weighted by Gasteiger charge is -2.14. The summed E-state index contributed by atoms with van der Waals surface area (Å²) in [5.41, 5.74) is 4.03. The van der Waals surface area contributed by atoms with E-state index in [4.69, 9.17) is 0 Å². The van der Waals surface area contributed by atoms with Crippen LogP contribution in [0.3, 0.4) is 0 Å². The molecule has 0 radical (unpaired) electrons. The predicted molar refractivity (Wildman–Crippen MR) is 104 cm³/mol. The smallest absolute Gasteiger partial charge is 0.267 e. The van der Waals surface area contributed by atoms with E-state index >= 15 is 0 Å². The summed E-state index contributed by atoms with van der Waals surface area (Å²) in [6, 6.07) is 11.0.